The van der Waals surface area contributed by atoms with E-state index in [1.165, 1.54) is 72.4 Å². The molecule has 0 aliphatic heterocycles. The molecule has 3 aromatic rings. The molecule has 1 nitrogen and oxygen atoms in total. The van der Waals surface area contributed by atoms with Crippen LogP contribution < -0.4 is 4.74 Å². The van der Waals surface area contributed by atoms with Gasteiger partial charge in [0.25, 0.3) is 0 Å². The van der Waals surface area contributed by atoms with Crippen molar-refractivity contribution in [2.75, 3.05) is 7.11 Å². The van der Waals surface area contributed by atoms with Gasteiger partial charge in [-0.2, -0.15) is 24.3 Å². The Morgan fingerprint density at radius 1 is 0.900 bits per heavy atom. The first kappa shape index (κ1) is 21.5. The van der Waals surface area contributed by atoms with Crippen molar-refractivity contribution in [2.24, 2.45) is 17.8 Å². The van der Waals surface area contributed by atoms with Gasteiger partial charge >= 0.3 is 0 Å². The minimum Gasteiger partial charge on any atom is -0.496 e. The molecule has 2 aliphatic rings. The molecular formula is C28H31CoO-. The molecule has 2 unspecified atom stereocenters. The molecule has 30 heavy (non-hydrogen) atoms. The fourth-order valence-electron chi connectivity index (χ4n) is 5.92. The van der Waals surface area contributed by atoms with Gasteiger partial charge in [0.1, 0.15) is 5.75 Å². The molecule has 2 fully saturated rings. The number of ether oxygens (including phenoxy) is 1. The first-order chi connectivity index (χ1) is 14.3. The zero-order valence-electron chi connectivity index (χ0n) is 17.8. The third kappa shape index (κ3) is 4.60. The van der Waals surface area contributed by atoms with Crippen LogP contribution in [0.5, 0.6) is 5.75 Å². The van der Waals surface area contributed by atoms with Crippen molar-refractivity contribution in [2.45, 2.75) is 51.4 Å². The SMILES string of the molecule is COc1ccc(-c2ccc3c[c-]ccc3c2)cc1CCC1CC2CCCC(C2)C1.[Co]. The Balaban J connectivity index is 0.00000218. The minimum absolute atomic E-state index is 0. The molecule has 1 radical (unpaired) electrons. The molecule has 0 N–H and O–H groups in total. The number of hydrogen-bond donors (Lipinski definition) is 0. The second-order valence-corrected chi connectivity index (χ2v) is 9.29. The summed E-state index contributed by atoms with van der Waals surface area (Å²) in [6, 6.07) is 22.8. The topological polar surface area (TPSA) is 9.23 Å². The van der Waals surface area contributed by atoms with Crippen molar-refractivity contribution in [3.05, 3.63) is 66.2 Å². The monoisotopic (exact) mass is 442 g/mol. The van der Waals surface area contributed by atoms with Crippen LogP contribution in [0.25, 0.3) is 21.9 Å². The summed E-state index contributed by atoms with van der Waals surface area (Å²) in [5.41, 5.74) is 3.93. The number of rotatable bonds is 5. The molecule has 3 aromatic carbocycles. The predicted octanol–water partition coefficient (Wildman–Crippen LogP) is 7.46. The summed E-state index contributed by atoms with van der Waals surface area (Å²) in [5, 5.41) is 2.51. The van der Waals surface area contributed by atoms with Gasteiger partial charge < -0.3 is 4.74 Å². The molecule has 0 amide bonds. The van der Waals surface area contributed by atoms with E-state index in [-0.39, 0.29) is 16.8 Å². The van der Waals surface area contributed by atoms with Crippen LogP contribution in [0.3, 0.4) is 0 Å². The zero-order chi connectivity index (χ0) is 19.6. The molecule has 0 spiro atoms. The maximum atomic E-state index is 5.72. The van der Waals surface area contributed by atoms with E-state index in [2.05, 4.69) is 54.6 Å². The van der Waals surface area contributed by atoms with Gasteiger partial charge in [-0.05, 0) is 78.7 Å². The number of benzene rings is 3. The molecule has 2 saturated carbocycles. The van der Waals surface area contributed by atoms with Gasteiger partial charge in [-0.25, -0.2) is 0 Å². The fraction of sp³-hybridized carbons (Fsp3) is 0.429. The van der Waals surface area contributed by atoms with Crippen LogP contribution in [0.4, 0.5) is 0 Å². The Morgan fingerprint density at radius 2 is 1.67 bits per heavy atom. The maximum Gasteiger partial charge on any atom is 0.122 e. The minimum atomic E-state index is 0. The molecule has 2 heteroatoms. The van der Waals surface area contributed by atoms with Gasteiger partial charge in [-0.3, -0.25) is 0 Å². The van der Waals surface area contributed by atoms with E-state index in [1.54, 1.807) is 7.11 Å². The van der Waals surface area contributed by atoms with E-state index in [4.69, 9.17) is 4.74 Å². The van der Waals surface area contributed by atoms with Crippen molar-refractivity contribution in [1.29, 1.82) is 0 Å². The van der Waals surface area contributed by atoms with Gasteiger partial charge in [-0.1, -0.05) is 37.5 Å². The van der Waals surface area contributed by atoms with E-state index in [9.17, 15) is 0 Å². The van der Waals surface area contributed by atoms with Crippen molar-refractivity contribution < 1.29 is 21.5 Å². The zero-order valence-corrected chi connectivity index (χ0v) is 18.9. The van der Waals surface area contributed by atoms with Crippen molar-refractivity contribution in [3.8, 4) is 16.9 Å². The van der Waals surface area contributed by atoms with Crippen LogP contribution in [0, 0.1) is 23.8 Å². The smallest absolute Gasteiger partial charge is 0.122 e. The second kappa shape index (κ2) is 9.57. The number of fused-ring (bicyclic) bond motifs is 3. The number of hydrogen-bond acceptors (Lipinski definition) is 1. The normalized spacial score (nSPS) is 23.0. The number of methoxy groups -OCH3 is 1. The van der Waals surface area contributed by atoms with Crippen molar-refractivity contribution in [3.63, 3.8) is 0 Å². The maximum absolute atomic E-state index is 5.72. The summed E-state index contributed by atoms with van der Waals surface area (Å²) >= 11 is 0. The summed E-state index contributed by atoms with van der Waals surface area (Å²) in [6.07, 6.45) is 11.3. The Morgan fingerprint density at radius 3 is 2.47 bits per heavy atom. The molecule has 2 bridgehead atoms. The van der Waals surface area contributed by atoms with Gasteiger partial charge in [0.2, 0.25) is 0 Å². The predicted molar refractivity (Wildman–Crippen MR) is 121 cm³/mol. The Hall–Kier alpha value is -1.77. The number of aryl methyl sites for hydroxylation is 1. The van der Waals surface area contributed by atoms with E-state index in [0.29, 0.717) is 0 Å². The van der Waals surface area contributed by atoms with Crippen molar-refractivity contribution in [1.82, 2.24) is 0 Å². The molecule has 5 rings (SSSR count). The van der Waals surface area contributed by atoms with Crippen LogP contribution in [0.2, 0.25) is 0 Å². The molecule has 0 saturated heterocycles. The van der Waals surface area contributed by atoms with Crippen LogP contribution in [-0.4, -0.2) is 7.11 Å². The molecule has 2 atom stereocenters. The first-order valence-corrected chi connectivity index (χ1v) is 11.4. The van der Waals surface area contributed by atoms with Gasteiger partial charge in [0.05, 0.1) is 7.11 Å². The first-order valence-electron chi connectivity index (χ1n) is 11.4. The standard InChI is InChI=1S/C28H31O.Co/c1-29-28-14-13-26(25-12-11-23-7-2-3-8-24(23)18-25)19-27(28)10-9-22-16-20-5-4-6-21(15-20)17-22;/h3,7-8,11-14,18-22H,4-6,9-10,15-17H2,1H3;/q-1;. The van der Waals surface area contributed by atoms with E-state index >= 15 is 0 Å². The quantitative estimate of drug-likeness (QED) is 0.373. The van der Waals surface area contributed by atoms with Gasteiger partial charge in [0, 0.05) is 16.8 Å². The Bertz CT molecular complexity index is 983. The van der Waals surface area contributed by atoms with Gasteiger partial charge in [-0.15, -0.1) is 16.8 Å². The summed E-state index contributed by atoms with van der Waals surface area (Å²) in [4.78, 5) is 0. The van der Waals surface area contributed by atoms with E-state index in [0.717, 1.165) is 29.9 Å². The molecule has 2 aliphatic carbocycles. The Kier molecular flexibility index (Phi) is 6.85. The average Bonchev–Trinajstić information content (AvgIpc) is 2.77. The molecular weight excluding hydrogens is 411 g/mol. The van der Waals surface area contributed by atoms with Gasteiger partial charge in [0.15, 0.2) is 0 Å². The van der Waals surface area contributed by atoms with Crippen molar-refractivity contribution >= 4 is 10.8 Å². The van der Waals surface area contributed by atoms with E-state index in [1.807, 2.05) is 6.07 Å². The van der Waals surface area contributed by atoms with Crippen LogP contribution >= 0.6 is 0 Å². The largest absolute Gasteiger partial charge is 0.496 e. The Labute approximate surface area is 191 Å². The average molecular weight is 442 g/mol. The summed E-state index contributed by atoms with van der Waals surface area (Å²) < 4.78 is 5.72. The van der Waals surface area contributed by atoms with Crippen LogP contribution in [-0.2, 0) is 23.2 Å². The van der Waals surface area contributed by atoms with Crippen LogP contribution in [0.15, 0.2) is 54.6 Å². The third-order valence-electron chi connectivity index (χ3n) is 7.35. The summed E-state index contributed by atoms with van der Waals surface area (Å²) in [7, 11) is 1.80. The van der Waals surface area contributed by atoms with E-state index < -0.39 is 0 Å². The summed E-state index contributed by atoms with van der Waals surface area (Å²) in [6.45, 7) is 0. The second-order valence-electron chi connectivity index (χ2n) is 9.29. The molecule has 0 heterocycles. The fourth-order valence-corrected chi connectivity index (χ4v) is 5.92. The molecule has 159 valence electrons. The molecule has 0 aromatic heterocycles. The summed E-state index contributed by atoms with van der Waals surface area (Å²) in [5.74, 6) is 3.97. The third-order valence-corrected chi connectivity index (χ3v) is 7.35. The van der Waals surface area contributed by atoms with Crippen LogP contribution in [0.1, 0.15) is 50.5 Å².